The van der Waals surface area contributed by atoms with E-state index in [1.807, 2.05) is 6.07 Å². The van der Waals surface area contributed by atoms with Gasteiger partial charge in [0, 0.05) is 11.4 Å². The molecule has 1 unspecified atom stereocenters. The average Bonchev–Trinajstić information content (AvgIpc) is 2.03. The maximum atomic E-state index is 9.22. The van der Waals surface area contributed by atoms with Crippen molar-refractivity contribution in [2.45, 2.75) is 19.4 Å². The molecule has 1 aromatic rings. The Morgan fingerprint density at radius 3 is 2.77 bits per heavy atom. The first-order valence-electron chi connectivity index (χ1n) is 4.14. The molecule has 0 fully saturated rings. The van der Waals surface area contributed by atoms with E-state index in [1.54, 1.807) is 26.2 Å². The molecule has 0 radical (unpaired) electrons. The van der Waals surface area contributed by atoms with Crippen molar-refractivity contribution >= 4 is 11.6 Å². The number of aliphatic hydroxyl groups is 1. The minimum atomic E-state index is -0.382. The number of hydrogen-bond donors (Lipinski definition) is 1. The summed E-state index contributed by atoms with van der Waals surface area (Å²) < 4.78 is 5.13. The van der Waals surface area contributed by atoms with Crippen LogP contribution in [0.1, 0.15) is 12.5 Å². The largest absolute Gasteiger partial charge is 0.496 e. The molecule has 0 saturated heterocycles. The van der Waals surface area contributed by atoms with Crippen molar-refractivity contribution in [3.05, 3.63) is 28.8 Å². The topological polar surface area (TPSA) is 29.5 Å². The van der Waals surface area contributed by atoms with Gasteiger partial charge in [0.05, 0.1) is 13.2 Å². The van der Waals surface area contributed by atoms with Crippen molar-refractivity contribution in [3.8, 4) is 5.75 Å². The second-order valence-electron chi connectivity index (χ2n) is 3.01. The maximum Gasteiger partial charge on any atom is 0.122 e. The summed E-state index contributed by atoms with van der Waals surface area (Å²) in [5.74, 6) is 0.769. The number of benzene rings is 1. The molecule has 0 spiro atoms. The molecule has 1 atom stereocenters. The molecule has 0 bridgehead atoms. The Hall–Kier alpha value is -0.730. The van der Waals surface area contributed by atoms with Crippen LogP contribution in [-0.4, -0.2) is 18.3 Å². The molecule has 3 heteroatoms. The lowest BCUT2D eigenvalue weighted by Crippen LogP contribution is -2.05. The second kappa shape index (κ2) is 4.49. The first-order valence-corrected chi connectivity index (χ1v) is 4.51. The van der Waals surface area contributed by atoms with Crippen LogP contribution >= 0.6 is 11.6 Å². The van der Waals surface area contributed by atoms with E-state index < -0.39 is 0 Å². The smallest absolute Gasteiger partial charge is 0.122 e. The third kappa shape index (κ3) is 2.90. The van der Waals surface area contributed by atoms with Crippen molar-refractivity contribution in [3.63, 3.8) is 0 Å². The molecule has 1 rings (SSSR count). The molecule has 1 aromatic carbocycles. The van der Waals surface area contributed by atoms with Gasteiger partial charge in [-0.2, -0.15) is 0 Å². The van der Waals surface area contributed by atoms with Crippen LogP contribution in [0.4, 0.5) is 0 Å². The van der Waals surface area contributed by atoms with E-state index in [-0.39, 0.29) is 6.10 Å². The molecule has 72 valence electrons. The van der Waals surface area contributed by atoms with E-state index in [4.69, 9.17) is 16.3 Å². The summed E-state index contributed by atoms with van der Waals surface area (Å²) in [7, 11) is 1.61. The molecule has 0 saturated carbocycles. The highest BCUT2D eigenvalue weighted by molar-refractivity contribution is 6.30. The summed E-state index contributed by atoms with van der Waals surface area (Å²) in [4.78, 5) is 0. The van der Waals surface area contributed by atoms with Crippen molar-refractivity contribution in [1.29, 1.82) is 0 Å². The predicted octanol–water partition coefficient (Wildman–Crippen LogP) is 2.27. The van der Waals surface area contributed by atoms with Crippen LogP contribution in [0.3, 0.4) is 0 Å². The summed E-state index contributed by atoms with van der Waals surface area (Å²) in [6, 6.07) is 5.39. The van der Waals surface area contributed by atoms with Gasteiger partial charge in [-0.25, -0.2) is 0 Å². The second-order valence-corrected chi connectivity index (χ2v) is 3.45. The number of rotatable bonds is 3. The highest BCUT2D eigenvalue weighted by Gasteiger charge is 2.06. The SMILES string of the molecule is COc1ccc(Cl)cc1CC(C)O. The fraction of sp³-hybridized carbons (Fsp3) is 0.400. The first-order chi connectivity index (χ1) is 6.13. The van der Waals surface area contributed by atoms with Gasteiger partial charge >= 0.3 is 0 Å². The Morgan fingerprint density at radius 1 is 1.54 bits per heavy atom. The monoisotopic (exact) mass is 200 g/mol. The van der Waals surface area contributed by atoms with E-state index in [0.717, 1.165) is 11.3 Å². The predicted molar refractivity (Wildman–Crippen MR) is 53.4 cm³/mol. The fourth-order valence-corrected chi connectivity index (χ4v) is 1.42. The van der Waals surface area contributed by atoms with Gasteiger partial charge in [0.25, 0.3) is 0 Å². The molecule has 0 amide bonds. The Balaban J connectivity index is 2.94. The Morgan fingerprint density at radius 2 is 2.23 bits per heavy atom. The summed E-state index contributed by atoms with van der Waals surface area (Å²) in [5.41, 5.74) is 0.935. The lowest BCUT2D eigenvalue weighted by molar-refractivity contribution is 0.194. The number of halogens is 1. The van der Waals surface area contributed by atoms with Crippen LogP contribution < -0.4 is 4.74 Å². The van der Waals surface area contributed by atoms with Crippen LogP contribution in [-0.2, 0) is 6.42 Å². The molecule has 0 heterocycles. The van der Waals surface area contributed by atoms with Gasteiger partial charge in [-0.1, -0.05) is 11.6 Å². The fourth-order valence-electron chi connectivity index (χ4n) is 1.22. The maximum absolute atomic E-state index is 9.22. The molecule has 0 aliphatic rings. The number of ether oxygens (including phenoxy) is 1. The van der Waals surface area contributed by atoms with Crippen molar-refractivity contribution in [1.82, 2.24) is 0 Å². The van der Waals surface area contributed by atoms with Crippen LogP contribution in [0, 0.1) is 0 Å². The Kier molecular flexibility index (Phi) is 3.58. The average molecular weight is 201 g/mol. The minimum Gasteiger partial charge on any atom is -0.496 e. The molecule has 0 aliphatic heterocycles. The highest BCUT2D eigenvalue weighted by atomic mass is 35.5. The first kappa shape index (κ1) is 10.4. The summed E-state index contributed by atoms with van der Waals surface area (Å²) in [6.07, 6.45) is 0.177. The number of methoxy groups -OCH3 is 1. The van der Waals surface area contributed by atoms with Crippen LogP contribution in [0.2, 0.25) is 5.02 Å². The zero-order chi connectivity index (χ0) is 9.84. The summed E-state index contributed by atoms with van der Waals surface area (Å²) in [5, 5.41) is 9.88. The summed E-state index contributed by atoms with van der Waals surface area (Å²) >= 11 is 5.82. The van der Waals surface area contributed by atoms with Crippen LogP contribution in [0.25, 0.3) is 0 Å². The van der Waals surface area contributed by atoms with Crippen LogP contribution in [0.5, 0.6) is 5.75 Å². The molecule has 0 aliphatic carbocycles. The van der Waals surface area contributed by atoms with Crippen molar-refractivity contribution < 1.29 is 9.84 Å². The zero-order valence-electron chi connectivity index (χ0n) is 7.75. The third-order valence-corrected chi connectivity index (χ3v) is 1.99. The Bertz CT molecular complexity index is 284. The molecule has 0 aromatic heterocycles. The quantitative estimate of drug-likeness (QED) is 0.811. The van der Waals surface area contributed by atoms with E-state index in [2.05, 4.69) is 0 Å². The highest BCUT2D eigenvalue weighted by Crippen LogP contribution is 2.23. The van der Waals surface area contributed by atoms with Crippen molar-refractivity contribution in [2.24, 2.45) is 0 Å². The van der Waals surface area contributed by atoms with Gasteiger partial charge in [0.2, 0.25) is 0 Å². The lowest BCUT2D eigenvalue weighted by Gasteiger charge is -2.10. The van der Waals surface area contributed by atoms with E-state index >= 15 is 0 Å². The normalized spacial score (nSPS) is 12.6. The molecule has 1 N–H and O–H groups in total. The van der Waals surface area contributed by atoms with Gasteiger partial charge in [-0.15, -0.1) is 0 Å². The third-order valence-electron chi connectivity index (χ3n) is 1.76. The number of aliphatic hydroxyl groups excluding tert-OH is 1. The van der Waals surface area contributed by atoms with E-state index in [9.17, 15) is 5.11 Å². The minimum absolute atomic E-state index is 0.382. The van der Waals surface area contributed by atoms with Crippen molar-refractivity contribution in [2.75, 3.05) is 7.11 Å². The molecule has 2 nitrogen and oxygen atoms in total. The van der Waals surface area contributed by atoms with Gasteiger partial charge in [0.1, 0.15) is 5.75 Å². The molecular weight excluding hydrogens is 188 g/mol. The van der Waals surface area contributed by atoms with E-state index in [1.165, 1.54) is 0 Å². The van der Waals surface area contributed by atoms with Gasteiger partial charge in [0.15, 0.2) is 0 Å². The molecular formula is C10H13ClO2. The van der Waals surface area contributed by atoms with Gasteiger partial charge < -0.3 is 9.84 Å². The van der Waals surface area contributed by atoms with Gasteiger partial charge in [-0.3, -0.25) is 0 Å². The van der Waals surface area contributed by atoms with Gasteiger partial charge in [-0.05, 0) is 30.7 Å². The standard InChI is InChI=1S/C10H13ClO2/c1-7(12)5-8-6-9(11)3-4-10(8)13-2/h3-4,6-7,12H,5H2,1-2H3. The zero-order valence-corrected chi connectivity index (χ0v) is 8.51. The van der Waals surface area contributed by atoms with Crippen LogP contribution in [0.15, 0.2) is 18.2 Å². The molecule has 13 heavy (non-hydrogen) atoms. The summed E-state index contributed by atoms with van der Waals surface area (Å²) in [6.45, 7) is 1.74. The lowest BCUT2D eigenvalue weighted by atomic mass is 10.1. The Labute approximate surface area is 83.1 Å². The number of hydrogen-bond acceptors (Lipinski definition) is 2. The van der Waals surface area contributed by atoms with E-state index in [0.29, 0.717) is 11.4 Å².